The van der Waals surface area contributed by atoms with Gasteiger partial charge in [-0.25, -0.2) is 14.0 Å². The Morgan fingerprint density at radius 2 is 1.00 bits per heavy atom. The summed E-state index contributed by atoms with van der Waals surface area (Å²) in [7, 11) is -5.55. The molecule has 3 aliphatic rings. The zero-order chi connectivity index (χ0) is 25.5. The topological polar surface area (TPSA) is 60.2 Å². The normalized spacial score (nSPS) is 17.8. The van der Waals surface area contributed by atoms with Crippen LogP contribution in [-0.2, 0) is 9.13 Å². The first-order valence-electron chi connectivity index (χ1n) is 12.5. The molecule has 0 N–H and O–H groups in total. The number of carbonyl (C=O) groups is 1. The molecule has 3 aromatic carbocycles. The number of nitrogens with zero attached hydrogens (tertiary/aromatic N) is 3. The minimum Gasteiger partial charge on any atom is -0.305 e. The minimum atomic E-state index is -3.44. The van der Waals surface area contributed by atoms with Crippen molar-refractivity contribution in [2.45, 2.75) is 20.8 Å². The second kappa shape index (κ2) is 9.85. The third kappa shape index (κ3) is 4.81. The molecule has 6 rings (SSSR count). The molecule has 0 amide bonds. The third-order valence-electron chi connectivity index (χ3n) is 6.79. The highest BCUT2D eigenvalue weighted by molar-refractivity contribution is 7.93. The van der Waals surface area contributed by atoms with Crippen LogP contribution < -0.4 is 10.6 Å². The van der Waals surface area contributed by atoms with E-state index in [1.165, 1.54) is 0 Å². The van der Waals surface area contributed by atoms with Crippen LogP contribution in [0.4, 0.5) is 0 Å². The van der Waals surface area contributed by atoms with E-state index in [9.17, 15) is 13.9 Å². The first kappa shape index (κ1) is 25.3. The summed E-state index contributed by atoms with van der Waals surface area (Å²) < 4.78 is 32.8. The molecule has 0 unspecified atom stereocenters. The Balaban J connectivity index is 0.000000198. The zero-order valence-electron chi connectivity index (χ0n) is 21.1. The van der Waals surface area contributed by atoms with Gasteiger partial charge < -0.3 is 4.57 Å². The van der Waals surface area contributed by atoms with Crippen molar-refractivity contribution >= 4 is 30.9 Å². The molecule has 3 aromatic rings. The van der Waals surface area contributed by atoms with Crippen LogP contribution in [0.15, 0.2) is 72.8 Å². The van der Waals surface area contributed by atoms with E-state index < -0.39 is 14.7 Å². The summed E-state index contributed by atoms with van der Waals surface area (Å²) in [6.45, 7) is 12.1. The van der Waals surface area contributed by atoms with Crippen LogP contribution in [-0.4, -0.2) is 58.8 Å². The Bertz CT molecular complexity index is 1260. The highest BCUT2D eigenvalue weighted by Crippen LogP contribution is 2.65. The molecular formula is C28H33N3O3P2. The van der Waals surface area contributed by atoms with E-state index in [4.69, 9.17) is 0 Å². The van der Waals surface area contributed by atoms with Crippen LogP contribution in [0.2, 0.25) is 0 Å². The number of rotatable bonds is 7. The lowest BCUT2D eigenvalue weighted by Gasteiger charge is -2.20. The SMILES string of the molecule is Cc1cc(C)c(C(=O)P(=O)(c2ccccc2)c2ccccc2)c(C)c1.O=P(N1CC1)(N1CC1)N1CC1. The summed E-state index contributed by atoms with van der Waals surface area (Å²) in [5.41, 5.74) is 3.12. The maximum absolute atomic E-state index is 14.2. The van der Waals surface area contributed by atoms with Crippen LogP contribution in [0.5, 0.6) is 0 Å². The maximum Gasteiger partial charge on any atom is 0.287 e. The highest BCUT2D eigenvalue weighted by atomic mass is 31.2. The standard InChI is InChI=1S/C22H21O2P.C6H12N3OP/c1-16-14-17(2)21(18(3)15-16)22(23)25(24,19-10-6-4-7-11-19)20-12-8-5-9-13-20;10-11(7-1-2-7,8-3-4-8)9-5-6-9/h4-15H,1-3H3;1-6H2. The molecule has 3 saturated heterocycles. The Hall–Kier alpha value is -2.33. The predicted octanol–water partition coefficient (Wildman–Crippen LogP) is 4.81. The van der Waals surface area contributed by atoms with Gasteiger partial charge in [-0.15, -0.1) is 0 Å². The number of hydrogen-bond acceptors (Lipinski definition) is 3. The van der Waals surface area contributed by atoms with E-state index in [1.54, 1.807) is 24.3 Å². The first-order chi connectivity index (χ1) is 17.3. The van der Waals surface area contributed by atoms with Gasteiger partial charge in [-0.3, -0.25) is 9.36 Å². The van der Waals surface area contributed by atoms with E-state index in [0.717, 1.165) is 56.0 Å². The smallest absolute Gasteiger partial charge is 0.287 e. The van der Waals surface area contributed by atoms with Crippen LogP contribution in [0.1, 0.15) is 27.0 Å². The quantitative estimate of drug-likeness (QED) is 0.329. The average Bonchev–Trinajstić information content (AvgIpc) is 3.74. The van der Waals surface area contributed by atoms with E-state index in [1.807, 2.05) is 69.3 Å². The van der Waals surface area contributed by atoms with Crippen molar-refractivity contribution in [1.29, 1.82) is 0 Å². The van der Waals surface area contributed by atoms with Crippen molar-refractivity contribution in [2.24, 2.45) is 0 Å². The Kier molecular flexibility index (Phi) is 6.93. The number of benzene rings is 3. The lowest BCUT2D eigenvalue weighted by atomic mass is 10.0. The molecule has 36 heavy (non-hydrogen) atoms. The van der Waals surface area contributed by atoms with Crippen molar-refractivity contribution in [2.75, 3.05) is 39.3 Å². The summed E-state index contributed by atoms with van der Waals surface area (Å²) in [6.07, 6.45) is 0. The number of carbonyl (C=O) groups excluding carboxylic acids is 1. The molecule has 8 heteroatoms. The van der Waals surface area contributed by atoms with Crippen molar-refractivity contribution in [3.05, 3.63) is 95.1 Å². The van der Waals surface area contributed by atoms with E-state index >= 15 is 0 Å². The third-order valence-corrected chi connectivity index (χ3v) is 13.0. The summed E-state index contributed by atoms with van der Waals surface area (Å²) >= 11 is 0. The first-order valence-corrected chi connectivity index (χ1v) is 15.7. The highest BCUT2D eigenvalue weighted by Gasteiger charge is 2.55. The van der Waals surface area contributed by atoms with Crippen LogP contribution in [0.25, 0.3) is 0 Å². The number of aryl methyl sites for hydroxylation is 3. The fourth-order valence-corrected chi connectivity index (χ4v) is 10.3. The van der Waals surface area contributed by atoms with Gasteiger partial charge in [0, 0.05) is 55.4 Å². The van der Waals surface area contributed by atoms with Crippen LogP contribution in [0.3, 0.4) is 0 Å². The van der Waals surface area contributed by atoms with Crippen molar-refractivity contribution in [1.82, 2.24) is 14.0 Å². The molecule has 6 nitrogen and oxygen atoms in total. The molecule has 3 aliphatic heterocycles. The zero-order valence-corrected chi connectivity index (χ0v) is 22.9. The van der Waals surface area contributed by atoms with E-state index in [2.05, 4.69) is 14.0 Å². The van der Waals surface area contributed by atoms with Crippen molar-refractivity contribution in [3.8, 4) is 0 Å². The lowest BCUT2D eigenvalue weighted by molar-refractivity contribution is 0.107. The fourth-order valence-electron chi connectivity index (χ4n) is 4.79. The van der Waals surface area contributed by atoms with Crippen molar-refractivity contribution < 1.29 is 13.9 Å². The molecule has 3 heterocycles. The molecule has 0 aromatic heterocycles. The summed E-state index contributed by atoms with van der Waals surface area (Å²) in [6, 6.07) is 22.1. The van der Waals surface area contributed by atoms with Gasteiger partial charge in [-0.05, 0) is 31.9 Å². The largest absolute Gasteiger partial charge is 0.305 e. The molecule has 0 bridgehead atoms. The molecule has 3 fully saturated rings. The number of hydrogen-bond donors (Lipinski definition) is 0. The molecule has 0 atom stereocenters. The molecule has 0 aliphatic carbocycles. The Morgan fingerprint density at radius 3 is 1.33 bits per heavy atom. The van der Waals surface area contributed by atoms with Crippen molar-refractivity contribution in [3.63, 3.8) is 0 Å². The molecule has 188 valence electrons. The van der Waals surface area contributed by atoms with Crippen LogP contribution in [0, 0.1) is 20.8 Å². The van der Waals surface area contributed by atoms with E-state index in [-0.39, 0.29) is 5.52 Å². The Morgan fingerprint density at radius 1 is 0.639 bits per heavy atom. The summed E-state index contributed by atoms with van der Waals surface area (Å²) in [4.78, 5) is 13.6. The van der Waals surface area contributed by atoms with Crippen LogP contribution >= 0.6 is 14.7 Å². The maximum atomic E-state index is 14.2. The monoisotopic (exact) mass is 521 g/mol. The van der Waals surface area contributed by atoms with Gasteiger partial charge in [0.05, 0.1) is 0 Å². The van der Waals surface area contributed by atoms with Gasteiger partial charge in [0.15, 0.2) is 0 Å². The lowest BCUT2D eigenvalue weighted by Crippen LogP contribution is -2.23. The second-order valence-electron chi connectivity index (χ2n) is 9.73. The summed E-state index contributed by atoms with van der Waals surface area (Å²) in [5, 5.41) is 1.15. The van der Waals surface area contributed by atoms with Gasteiger partial charge >= 0.3 is 0 Å². The van der Waals surface area contributed by atoms with Gasteiger partial charge in [0.25, 0.3) is 7.59 Å². The fraction of sp³-hybridized carbons (Fsp3) is 0.321. The average molecular weight is 522 g/mol. The molecule has 0 saturated carbocycles. The molecular weight excluding hydrogens is 488 g/mol. The van der Waals surface area contributed by atoms with Gasteiger partial charge in [-0.2, -0.15) is 0 Å². The van der Waals surface area contributed by atoms with Gasteiger partial charge in [-0.1, -0.05) is 78.4 Å². The second-order valence-corrected chi connectivity index (χ2v) is 15.1. The van der Waals surface area contributed by atoms with E-state index in [0.29, 0.717) is 16.2 Å². The molecule has 0 spiro atoms. The predicted molar refractivity (Wildman–Crippen MR) is 147 cm³/mol. The van der Waals surface area contributed by atoms with Gasteiger partial charge in [0.2, 0.25) is 12.7 Å². The Labute approximate surface area is 213 Å². The molecule has 0 radical (unpaired) electrons. The minimum absolute atomic E-state index is 0.292. The van der Waals surface area contributed by atoms with Gasteiger partial charge in [0.1, 0.15) is 0 Å². The summed E-state index contributed by atoms with van der Waals surface area (Å²) in [5.74, 6) is 0.